The van der Waals surface area contributed by atoms with Crippen molar-refractivity contribution < 1.29 is 0 Å². The topological polar surface area (TPSA) is 15.3 Å². The van der Waals surface area contributed by atoms with Gasteiger partial charge >= 0.3 is 0 Å². The molecule has 0 amide bonds. The van der Waals surface area contributed by atoms with Crippen LogP contribution in [-0.4, -0.2) is 37.1 Å². The van der Waals surface area contributed by atoms with Crippen molar-refractivity contribution in [2.75, 3.05) is 20.1 Å². The number of nitrogens with zero attached hydrogens (tertiary/aromatic N) is 1. The molecule has 0 aromatic carbocycles. The highest BCUT2D eigenvalue weighted by atomic mass is 15.1. The van der Waals surface area contributed by atoms with Crippen LogP contribution in [0.15, 0.2) is 0 Å². The molecule has 1 saturated carbocycles. The van der Waals surface area contributed by atoms with Crippen LogP contribution in [0.1, 0.15) is 67.7 Å². The van der Waals surface area contributed by atoms with E-state index in [-0.39, 0.29) is 0 Å². The average molecular weight is 297 g/mol. The van der Waals surface area contributed by atoms with Crippen molar-refractivity contribution in [2.45, 2.75) is 79.8 Å². The molecular formula is C19H40N2. The van der Waals surface area contributed by atoms with Crippen molar-refractivity contribution in [1.29, 1.82) is 0 Å². The standard InChI is InChI=1S/C19H40N2/c1-9-10-20-18-12-14(2)11-15(3)17(18)13-21(8)16(4)19(5,6)7/h14-18,20H,9-13H2,1-8H3. The fourth-order valence-electron chi connectivity index (χ4n) is 3.93. The molecule has 0 aromatic rings. The minimum atomic E-state index is 0.353. The Labute approximate surface area is 134 Å². The molecule has 0 radical (unpaired) electrons. The molecule has 2 heteroatoms. The molecule has 126 valence electrons. The van der Waals surface area contributed by atoms with E-state index in [2.05, 4.69) is 65.7 Å². The summed E-state index contributed by atoms with van der Waals surface area (Å²) in [6.45, 7) is 19.0. The van der Waals surface area contributed by atoms with Gasteiger partial charge in [-0.1, -0.05) is 41.5 Å². The first-order valence-corrected chi connectivity index (χ1v) is 9.10. The normalized spacial score (nSPS) is 32.4. The van der Waals surface area contributed by atoms with E-state index in [0.717, 1.165) is 17.8 Å². The smallest absolute Gasteiger partial charge is 0.0113 e. The fraction of sp³-hybridized carbons (Fsp3) is 1.00. The lowest BCUT2D eigenvalue weighted by Gasteiger charge is -2.44. The summed E-state index contributed by atoms with van der Waals surface area (Å²) in [5.74, 6) is 2.50. The summed E-state index contributed by atoms with van der Waals surface area (Å²) in [4.78, 5) is 2.60. The van der Waals surface area contributed by atoms with Gasteiger partial charge in [-0.2, -0.15) is 0 Å². The number of hydrogen-bond acceptors (Lipinski definition) is 2. The molecule has 1 aliphatic rings. The maximum absolute atomic E-state index is 3.84. The largest absolute Gasteiger partial charge is 0.314 e. The van der Waals surface area contributed by atoms with Gasteiger partial charge in [0.15, 0.2) is 0 Å². The van der Waals surface area contributed by atoms with Gasteiger partial charge in [-0.05, 0) is 62.9 Å². The molecule has 5 atom stereocenters. The van der Waals surface area contributed by atoms with Crippen molar-refractivity contribution in [2.24, 2.45) is 23.2 Å². The highest BCUT2D eigenvalue weighted by molar-refractivity contribution is 4.90. The van der Waals surface area contributed by atoms with E-state index >= 15 is 0 Å². The quantitative estimate of drug-likeness (QED) is 0.781. The van der Waals surface area contributed by atoms with E-state index in [1.54, 1.807) is 0 Å². The molecule has 0 heterocycles. The third-order valence-electron chi connectivity index (χ3n) is 5.75. The van der Waals surface area contributed by atoms with Crippen molar-refractivity contribution >= 4 is 0 Å². The van der Waals surface area contributed by atoms with Gasteiger partial charge in [-0.15, -0.1) is 0 Å². The van der Waals surface area contributed by atoms with Crippen LogP contribution in [0, 0.1) is 23.2 Å². The molecule has 0 aromatic heterocycles. The monoisotopic (exact) mass is 296 g/mol. The van der Waals surface area contributed by atoms with Crippen molar-refractivity contribution in [3.8, 4) is 0 Å². The molecule has 1 fully saturated rings. The van der Waals surface area contributed by atoms with Gasteiger partial charge in [0.2, 0.25) is 0 Å². The van der Waals surface area contributed by atoms with Crippen LogP contribution in [0.5, 0.6) is 0 Å². The van der Waals surface area contributed by atoms with E-state index in [0.29, 0.717) is 17.5 Å². The molecule has 1 N–H and O–H groups in total. The second kappa shape index (κ2) is 7.97. The van der Waals surface area contributed by atoms with E-state index < -0.39 is 0 Å². The lowest BCUT2D eigenvalue weighted by molar-refractivity contribution is 0.0668. The fourth-order valence-corrected chi connectivity index (χ4v) is 3.93. The van der Waals surface area contributed by atoms with Crippen LogP contribution < -0.4 is 5.32 Å². The molecule has 0 saturated heterocycles. The first kappa shape index (κ1) is 19.0. The minimum Gasteiger partial charge on any atom is -0.314 e. The zero-order valence-electron chi connectivity index (χ0n) is 15.9. The molecule has 0 bridgehead atoms. The second-order valence-corrected chi connectivity index (χ2v) is 8.76. The van der Waals surface area contributed by atoms with E-state index in [1.165, 1.54) is 32.4 Å². The van der Waals surface area contributed by atoms with Crippen LogP contribution in [0.3, 0.4) is 0 Å². The van der Waals surface area contributed by atoms with Crippen molar-refractivity contribution in [3.05, 3.63) is 0 Å². The highest BCUT2D eigenvalue weighted by Crippen LogP contribution is 2.35. The molecule has 1 rings (SSSR count). The molecule has 0 aliphatic heterocycles. The van der Waals surface area contributed by atoms with Crippen LogP contribution in [0.2, 0.25) is 0 Å². The van der Waals surface area contributed by atoms with Gasteiger partial charge in [-0.3, -0.25) is 0 Å². The Morgan fingerprint density at radius 1 is 1.19 bits per heavy atom. The van der Waals surface area contributed by atoms with Gasteiger partial charge in [0.25, 0.3) is 0 Å². The zero-order chi connectivity index (χ0) is 16.2. The number of hydrogen-bond donors (Lipinski definition) is 1. The number of nitrogens with one attached hydrogen (secondary N) is 1. The first-order valence-electron chi connectivity index (χ1n) is 9.10. The lowest BCUT2D eigenvalue weighted by Crippen LogP contribution is -2.51. The lowest BCUT2D eigenvalue weighted by atomic mass is 9.71. The van der Waals surface area contributed by atoms with Gasteiger partial charge in [0, 0.05) is 18.6 Å². The van der Waals surface area contributed by atoms with Crippen LogP contribution >= 0.6 is 0 Å². The molecule has 0 spiro atoms. The Morgan fingerprint density at radius 2 is 1.81 bits per heavy atom. The molecule has 21 heavy (non-hydrogen) atoms. The van der Waals surface area contributed by atoms with Crippen molar-refractivity contribution in [3.63, 3.8) is 0 Å². The third-order valence-corrected chi connectivity index (χ3v) is 5.75. The first-order chi connectivity index (χ1) is 9.66. The van der Waals surface area contributed by atoms with Crippen molar-refractivity contribution in [1.82, 2.24) is 10.2 Å². The van der Waals surface area contributed by atoms with Gasteiger partial charge in [-0.25, -0.2) is 0 Å². The summed E-state index contributed by atoms with van der Waals surface area (Å²) in [5, 5.41) is 3.84. The molecule has 2 nitrogen and oxygen atoms in total. The van der Waals surface area contributed by atoms with Gasteiger partial charge < -0.3 is 10.2 Å². The SMILES string of the molecule is CCCNC1CC(C)CC(C)C1CN(C)C(C)C(C)(C)C. The summed E-state index contributed by atoms with van der Waals surface area (Å²) < 4.78 is 0. The van der Waals surface area contributed by atoms with Gasteiger partial charge in [0.1, 0.15) is 0 Å². The molecule has 1 aliphatic carbocycles. The molecule has 5 unspecified atom stereocenters. The highest BCUT2D eigenvalue weighted by Gasteiger charge is 2.35. The summed E-state index contributed by atoms with van der Waals surface area (Å²) in [5.41, 5.74) is 0.353. The maximum atomic E-state index is 3.84. The third kappa shape index (κ3) is 5.56. The second-order valence-electron chi connectivity index (χ2n) is 8.76. The average Bonchev–Trinajstić information content (AvgIpc) is 2.37. The summed E-state index contributed by atoms with van der Waals surface area (Å²) in [6, 6.07) is 1.33. The predicted octanol–water partition coefficient (Wildman–Crippen LogP) is 4.40. The van der Waals surface area contributed by atoms with E-state index in [9.17, 15) is 0 Å². The van der Waals surface area contributed by atoms with E-state index in [1.807, 2.05) is 0 Å². The predicted molar refractivity (Wildman–Crippen MR) is 94.7 cm³/mol. The Kier molecular flexibility index (Phi) is 7.19. The zero-order valence-corrected chi connectivity index (χ0v) is 15.9. The van der Waals surface area contributed by atoms with E-state index in [4.69, 9.17) is 0 Å². The Hall–Kier alpha value is -0.0800. The summed E-state index contributed by atoms with van der Waals surface area (Å²) in [6.07, 6.45) is 3.99. The maximum Gasteiger partial charge on any atom is 0.0113 e. The van der Waals surface area contributed by atoms with Crippen LogP contribution in [0.4, 0.5) is 0 Å². The summed E-state index contributed by atoms with van der Waals surface area (Å²) in [7, 11) is 2.32. The summed E-state index contributed by atoms with van der Waals surface area (Å²) >= 11 is 0. The minimum absolute atomic E-state index is 0.353. The van der Waals surface area contributed by atoms with Gasteiger partial charge in [0.05, 0.1) is 0 Å². The Morgan fingerprint density at radius 3 is 2.33 bits per heavy atom. The van der Waals surface area contributed by atoms with Crippen LogP contribution in [-0.2, 0) is 0 Å². The van der Waals surface area contributed by atoms with Crippen LogP contribution in [0.25, 0.3) is 0 Å². The Bertz CT molecular complexity index is 294. The number of rotatable bonds is 6. The Balaban J connectivity index is 2.71. The molecular weight excluding hydrogens is 256 g/mol.